The molecule has 1 aromatic rings. The van der Waals surface area contributed by atoms with Crippen LogP contribution in [-0.4, -0.2) is 27.0 Å². The summed E-state index contributed by atoms with van der Waals surface area (Å²) in [5, 5.41) is 11.4. The maximum Gasteiger partial charge on any atom is 0.256 e. The van der Waals surface area contributed by atoms with Gasteiger partial charge < -0.3 is 16.2 Å². The van der Waals surface area contributed by atoms with E-state index in [4.69, 9.17) is 10.8 Å². The van der Waals surface area contributed by atoms with Crippen molar-refractivity contribution in [1.29, 1.82) is 0 Å². The van der Waals surface area contributed by atoms with E-state index in [0.717, 1.165) is 25.3 Å². The third-order valence-corrected chi connectivity index (χ3v) is 2.32. The highest BCUT2D eigenvalue weighted by atomic mass is 16.3. The molecule has 1 fully saturated rings. The number of H-pyrrole nitrogens is 1. The van der Waals surface area contributed by atoms with Crippen LogP contribution in [0.3, 0.4) is 0 Å². The Hall–Kier alpha value is -2.05. The van der Waals surface area contributed by atoms with Crippen LogP contribution < -0.4 is 16.6 Å². The second kappa shape index (κ2) is 5.88. The lowest BCUT2D eigenvalue weighted by Crippen LogP contribution is -2.23. The highest BCUT2D eigenvalue weighted by molar-refractivity contribution is 5.78. The number of nitrogens with two attached hydrogens (primary N) is 1. The zero-order valence-electron chi connectivity index (χ0n) is 9.56. The molecule has 0 spiro atoms. The summed E-state index contributed by atoms with van der Waals surface area (Å²) in [5.74, 6) is -0.229. The van der Waals surface area contributed by atoms with Gasteiger partial charge in [-0.2, -0.15) is 4.98 Å². The standard InChI is InChI=1S/C6H11NO.C4H5N3O2/c1-2-5-3-4-6(8)7-5;5-4-6-2(8)1-3(9)7-4/h5H,2-4H2,1H3,(H,7,8);1H,(H4,5,6,7,8,9). The number of rotatable bonds is 1. The molecular formula is C10H16N4O3. The molecule has 7 heteroatoms. The normalized spacial score (nSPS) is 18.2. The molecule has 0 bridgehead atoms. The number of carbonyl (C=O) groups excluding carboxylic acids is 1. The summed E-state index contributed by atoms with van der Waals surface area (Å²) in [6.07, 6.45) is 2.85. The molecule has 0 radical (unpaired) electrons. The van der Waals surface area contributed by atoms with E-state index in [1.807, 2.05) is 0 Å². The first-order valence-electron chi connectivity index (χ1n) is 5.36. The molecule has 2 rings (SSSR count). The van der Waals surface area contributed by atoms with E-state index in [-0.39, 0.29) is 17.7 Å². The number of nitrogens with one attached hydrogen (secondary N) is 2. The van der Waals surface area contributed by atoms with Gasteiger partial charge in [-0.1, -0.05) is 6.92 Å². The van der Waals surface area contributed by atoms with Crippen molar-refractivity contribution in [2.75, 3.05) is 5.73 Å². The maximum absolute atomic E-state index is 10.5. The lowest BCUT2D eigenvalue weighted by Gasteiger charge is -2.02. The molecule has 1 atom stereocenters. The molecule has 1 aromatic heterocycles. The largest absolute Gasteiger partial charge is 0.493 e. The number of carbonyl (C=O) groups is 1. The second-order valence-electron chi connectivity index (χ2n) is 3.70. The summed E-state index contributed by atoms with van der Waals surface area (Å²) < 4.78 is 0. The molecule has 0 aliphatic carbocycles. The minimum Gasteiger partial charge on any atom is -0.493 e. The number of hydrogen-bond acceptors (Lipinski definition) is 5. The van der Waals surface area contributed by atoms with Gasteiger partial charge in [-0.15, -0.1) is 0 Å². The SMILES string of the molecule is CCC1CCC(=O)N1.Nc1nc(O)cc(=O)[nH]1. The van der Waals surface area contributed by atoms with Gasteiger partial charge >= 0.3 is 0 Å². The van der Waals surface area contributed by atoms with Crippen LogP contribution in [0.25, 0.3) is 0 Å². The van der Waals surface area contributed by atoms with E-state index < -0.39 is 5.56 Å². The number of aromatic hydroxyl groups is 1. The Kier molecular flexibility index (Phi) is 4.50. The monoisotopic (exact) mass is 240 g/mol. The van der Waals surface area contributed by atoms with Crippen LogP contribution in [0.1, 0.15) is 26.2 Å². The smallest absolute Gasteiger partial charge is 0.256 e. The van der Waals surface area contributed by atoms with Gasteiger partial charge in [0.15, 0.2) is 0 Å². The van der Waals surface area contributed by atoms with E-state index in [1.54, 1.807) is 0 Å². The number of aromatic amines is 1. The van der Waals surface area contributed by atoms with Crippen LogP contribution in [0, 0.1) is 0 Å². The molecule has 5 N–H and O–H groups in total. The van der Waals surface area contributed by atoms with Crippen molar-refractivity contribution < 1.29 is 9.90 Å². The van der Waals surface area contributed by atoms with Crippen LogP contribution in [0.2, 0.25) is 0 Å². The Morgan fingerprint density at radius 2 is 2.29 bits per heavy atom. The first kappa shape index (κ1) is 13.0. The van der Waals surface area contributed by atoms with Crippen LogP contribution in [0.5, 0.6) is 5.88 Å². The first-order chi connectivity index (χ1) is 8.01. The maximum atomic E-state index is 10.5. The third kappa shape index (κ3) is 4.54. The van der Waals surface area contributed by atoms with E-state index >= 15 is 0 Å². The fourth-order valence-electron chi connectivity index (χ4n) is 1.45. The summed E-state index contributed by atoms with van der Waals surface area (Å²) >= 11 is 0. The number of anilines is 1. The summed E-state index contributed by atoms with van der Waals surface area (Å²) in [5.41, 5.74) is 4.57. The van der Waals surface area contributed by atoms with Gasteiger partial charge in [0.1, 0.15) is 0 Å². The molecule has 7 nitrogen and oxygen atoms in total. The topological polar surface area (TPSA) is 121 Å². The Labute approximate surface area is 98.1 Å². The summed E-state index contributed by atoms with van der Waals surface area (Å²) in [4.78, 5) is 26.4. The number of nitrogens with zero attached hydrogens (tertiary/aromatic N) is 1. The lowest BCUT2D eigenvalue weighted by atomic mass is 10.2. The summed E-state index contributed by atoms with van der Waals surface area (Å²) in [7, 11) is 0. The summed E-state index contributed by atoms with van der Waals surface area (Å²) in [6, 6.07) is 1.42. The fourth-order valence-corrected chi connectivity index (χ4v) is 1.45. The molecule has 0 saturated carbocycles. The molecule has 1 aliphatic rings. The number of aromatic nitrogens is 2. The molecule has 0 aromatic carbocycles. The minimum absolute atomic E-state index is 0.0833. The van der Waals surface area contributed by atoms with Gasteiger partial charge in [0.25, 0.3) is 5.56 Å². The fraction of sp³-hybridized carbons (Fsp3) is 0.500. The predicted molar refractivity (Wildman–Crippen MR) is 62.4 cm³/mol. The van der Waals surface area contributed by atoms with Gasteiger partial charge in [-0.25, -0.2) is 0 Å². The molecule has 1 unspecified atom stereocenters. The zero-order valence-corrected chi connectivity index (χ0v) is 9.56. The van der Waals surface area contributed by atoms with Crippen molar-refractivity contribution in [2.24, 2.45) is 0 Å². The highest BCUT2D eigenvalue weighted by Crippen LogP contribution is 2.08. The van der Waals surface area contributed by atoms with Gasteiger partial charge in [0.05, 0.1) is 6.07 Å². The molecule has 17 heavy (non-hydrogen) atoms. The minimum atomic E-state index is -0.458. The van der Waals surface area contributed by atoms with Crippen molar-refractivity contribution in [3.8, 4) is 5.88 Å². The Balaban J connectivity index is 0.000000171. The molecule has 1 amide bonds. The van der Waals surface area contributed by atoms with E-state index in [0.29, 0.717) is 6.04 Å². The quantitative estimate of drug-likeness (QED) is 0.538. The molecule has 1 aliphatic heterocycles. The van der Waals surface area contributed by atoms with Gasteiger partial charge in [-0.3, -0.25) is 14.6 Å². The van der Waals surface area contributed by atoms with Crippen LogP contribution >= 0.6 is 0 Å². The lowest BCUT2D eigenvalue weighted by molar-refractivity contribution is -0.119. The average Bonchev–Trinajstić information content (AvgIpc) is 2.63. The second-order valence-corrected chi connectivity index (χ2v) is 3.70. The first-order valence-corrected chi connectivity index (χ1v) is 5.36. The molecule has 2 heterocycles. The van der Waals surface area contributed by atoms with Gasteiger partial charge in [0, 0.05) is 12.5 Å². The Bertz CT molecular complexity index is 420. The number of amides is 1. The van der Waals surface area contributed by atoms with Crippen molar-refractivity contribution in [2.45, 2.75) is 32.2 Å². The third-order valence-electron chi connectivity index (χ3n) is 2.32. The number of hydrogen-bond donors (Lipinski definition) is 4. The van der Waals surface area contributed by atoms with E-state index in [1.165, 1.54) is 0 Å². The van der Waals surface area contributed by atoms with Crippen molar-refractivity contribution in [3.63, 3.8) is 0 Å². The van der Waals surface area contributed by atoms with E-state index in [2.05, 4.69) is 22.2 Å². The van der Waals surface area contributed by atoms with Crippen molar-refractivity contribution in [3.05, 3.63) is 16.4 Å². The Morgan fingerprint density at radius 1 is 1.59 bits per heavy atom. The van der Waals surface area contributed by atoms with Crippen LogP contribution in [0.15, 0.2) is 10.9 Å². The van der Waals surface area contributed by atoms with Crippen molar-refractivity contribution >= 4 is 11.9 Å². The van der Waals surface area contributed by atoms with E-state index in [9.17, 15) is 9.59 Å². The van der Waals surface area contributed by atoms with Gasteiger partial charge in [0.2, 0.25) is 17.7 Å². The molecule has 1 saturated heterocycles. The van der Waals surface area contributed by atoms with Crippen molar-refractivity contribution in [1.82, 2.24) is 15.3 Å². The zero-order chi connectivity index (χ0) is 12.8. The Morgan fingerprint density at radius 3 is 2.65 bits per heavy atom. The van der Waals surface area contributed by atoms with Gasteiger partial charge in [-0.05, 0) is 12.8 Å². The predicted octanol–water partition coefficient (Wildman–Crippen LogP) is -0.267. The van der Waals surface area contributed by atoms with Crippen LogP contribution in [-0.2, 0) is 4.79 Å². The molecule has 94 valence electrons. The highest BCUT2D eigenvalue weighted by Gasteiger charge is 2.17. The summed E-state index contributed by atoms with van der Waals surface area (Å²) in [6.45, 7) is 2.09. The van der Waals surface area contributed by atoms with Crippen LogP contribution in [0.4, 0.5) is 5.95 Å². The average molecular weight is 240 g/mol. The molecular weight excluding hydrogens is 224 g/mol. The number of nitrogen functional groups attached to an aromatic ring is 1.